The Kier molecular flexibility index (Phi) is 8.47. The molecule has 0 spiro atoms. The molecule has 8 nitrogen and oxygen atoms in total. The van der Waals surface area contributed by atoms with Crippen LogP contribution in [-0.4, -0.2) is 42.0 Å². The van der Waals surface area contributed by atoms with Crippen molar-refractivity contribution in [3.8, 4) is 5.75 Å². The molecule has 0 aliphatic rings. The summed E-state index contributed by atoms with van der Waals surface area (Å²) in [5.74, 6) is 0.0725. The number of methoxy groups -OCH3 is 1. The monoisotopic (exact) mass is 418 g/mol. The van der Waals surface area contributed by atoms with E-state index in [1.54, 1.807) is 18.2 Å². The molecule has 0 saturated carbocycles. The number of carbonyl (C=O) groups is 2. The van der Waals surface area contributed by atoms with E-state index in [1.807, 2.05) is 12.3 Å². The number of ether oxygens (including phenoxy) is 2. The molecule has 29 heavy (non-hydrogen) atoms. The first kappa shape index (κ1) is 22.2. The molecule has 0 heterocycles. The van der Waals surface area contributed by atoms with Gasteiger partial charge in [-0.25, -0.2) is 4.79 Å². The number of nitro groups is 1. The van der Waals surface area contributed by atoms with E-state index in [4.69, 9.17) is 9.47 Å². The predicted octanol–water partition coefficient (Wildman–Crippen LogP) is 3.20. The summed E-state index contributed by atoms with van der Waals surface area (Å²) in [5, 5.41) is 13.5. The molecular formula is C20H22N2O6S. The number of nitrogens with one attached hydrogen (secondary N) is 1. The van der Waals surface area contributed by atoms with E-state index in [0.717, 1.165) is 0 Å². The van der Waals surface area contributed by atoms with Gasteiger partial charge in [-0.05, 0) is 30.6 Å². The molecule has 2 aromatic carbocycles. The molecule has 0 radical (unpaired) electrons. The maximum absolute atomic E-state index is 12.6. The van der Waals surface area contributed by atoms with Crippen LogP contribution in [0.1, 0.15) is 22.3 Å². The third-order valence-corrected chi connectivity index (χ3v) is 4.73. The van der Waals surface area contributed by atoms with E-state index in [1.165, 1.54) is 43.1 Å². The van der Waals surface area contributed by atoms with Gasteiger partial charge in [0.15, 0.2) is 0 Å². The zero-order valence-corrected chi connectivity index (χ0v) is 16.9. The van der Waals surface area contributed by atoms with Gasteiger partial charge in [0.05, 0.1) is 12.0 Å². The van der Waals surface area contributed by atoms with Crippen molar-refractivity contribution in [1.82, 2.24) is 5.32 Å². The van der Waals surface area contributed by atoms with Gasteiger partial charge >= 0.3 is 5.97 Å². The molecule has 2 rings (SSSR count). The van der Waals surface area contributed by atoms with Crippen molar-refractivity contribution in [2.24, 2.45) is 0 Å². The average Bonchev–Trinajstić information content (AvgIpc) is 2.74. The summed E-state index contributed by atoms with van der Waals surface area (Å²) in [6, 6.07) is 11.6. The number of amides is 1. The van der Waals surface area contributed by atoms with Crippen molar-refractivity contribution < 1.29 is 24.0 Å². The molecule has 1 atom stereocenters. The number of hydrogen-bond donors (Lipinski definition) is 1. The Hall–Kier alpha value is -3.07. The molecule has 0 saturated heterocycles. The molecule has 0 aliphatic heterocycles. The highest BCUT2D eigenvalue weighted by molar-refractivity contribution is 7.98. The van der Waals surface area contributed by atoms with Gasteiger partial charge in [0.2, 0.25) is 0 Å². The van der Waals surface area contributed by atoms with Gasteiger partial charge in [-0.1, -0.05) is 24.3 Å². The molecule has 1 amide bonds. The normalized spacial score (nSPS) is 11.4. The first-order valence-electron chi connectivity index (χ1n) is 8.79. The van der Waals surface area contributed by atoms with Crippen LogP contribution in [0, 0.1) is 10.1 Å². The van der Waals surface area contributed by atoms with Crippen molar-refractivity contribution in [1.29, 1.82) is 0 Å². The first-order valence-corrected chi connectivity index (χ1v) is 10.2. The fourth-order valence-corrected chi connectivity index (χ4v) is 3.03. The Morgan fingerprint density at radius 3 is 2.66 bits per heavy atom. The zero-order valence-electron chi connectivity index (χ0n) is 16.1. The van der Waals surface area contributed by atoms with E-state index >= 15 is 0 Å². The molecule has 0 bridgehead atoms. The second kappa shape index (κ2) is 11.1. The maximum Gasteiger partial charge on any atom is 0.329 e. The fraction of sp³-hybridized carbons (Fsp3) is 0.300. The average molecular weight is 418 g/mol. The van der Waals surface area contributed by atoms with E-state index in [0.29, 0.717) is 23.5 Å². The largest absolute Gasteiger partial charge is 0.496 e. The fourth-order valence-electron chi connectivity index (χ4n) is 2.56. The number of thioether (sulfide) groups is 1. The Bertz CT molecular complexity index is 874. The highest BCUT2D eigenvalue weighted by atomic mass is 32.2. The van der Waals surface area contributed by atoms with Crippen molar-refractivity contribution in [2.75, 3.05) is 19.1 Å². The third kappa shape index (κ3) is 6.49. The van der Waals surface area contributed by atoms with Crippen molar-refractivity contribution in [3.63, 3.8) is 0 Å². The summed E-state index contributed by atoms with van der Waals surface area (Å²) in [4.78, 5) is 35.4. The molecule has 0 aliphatic carbocycles. The summed E-state index contributed by atoms with van der Waals surface area (Å²) >= 11 is 1.53. The van der Waals surface area contributed by atoms with Crippen LogP contribution < -0.4 is 10.1 Å². The van der Waals surface area contributed by atoms with E-state index in [-0.39, 0.29) is 17.9 Å². The number of benzene rings is 2. The lowest BCUT2D eigenvalue weighted by atomic mass is 10.1. The summed E-state index contributed by atoms with van der Waals surface area (Å²) in [5.41, 5.74) is 0.611. The van der Waals surface area contributed by atoms with Crippen molar-refractivity contribution in [2.45, 2.75) is 19.1 Å². The van der Waals surface area contributed by atoms with Crippen LogP contribution in [0.15, 0.2) is 48.5 Å². The molecule has 2 aromatic rings. The van der Waals surface area contributed by atoms with Crippen LogP contribution in [0.2, 0.25) is 0 Å². The van der Waals surface area contributed by atoms with Gasteiger partial charge in [-0.15, -0.1) is 0 Å². The minimum absolute atomic E-state index is 0.00525. The van der Waals surface area contributed by atoms with Crippen LogP contribution in [0.25, 0.3) is 0 Å². The summed E-state index contributed by atoms with van der Waals surface area (Å²) in [7, 11) is 1.53. The molecule has 1 N–H and O–H groups in total. The Morgan fingerprint density at radius 1 is 1.21 bits per heavy atom. The quantitative estimate of drug-likeness (QED) is 0.359. The minimum Gasteiger partial charge on any atom is -0.496 e. The minimum atomic E-state index is -0.871. The van der Waals surface area contributed by atoms with Gasteiger partial charge in [-0.3, -0.25) is 14.9 Å². The summed E-state index contributed by atoms with van der Waals surface area (Å²) in [6.07, 6.45) is 2.26. The second-order valence-corrected chi connectivity index (χ2v) is 7.02. The van der Waals surface area contributed by atoms with Crippen LogP contribution in [0.3, 0.4) is 0 Å². The van der Waals surface area contributed by atoms with Gasteiger partial charge < -0.3 is 14.8 Å². The lowest BCUT2D eigenvalue weighted by Gasteiger charge is -2.18. The molecule has 9 heteroatoms. The van der Waals surface area contributed by atoms with E-state index in [9.17, 15) is 19.7 Å². The summed E-state index contributed by atoms with van der Waals surface area (Å²) in [6.45, 7) is 0.00525. The predicted molar refractivity (Wildman–Crippen MR) is 110 cm³/mol. The van der Waals surface area contributed by atoms with Crippen LogP contribution in [0.4, 0.5) is 5.69 Å². The smallest absolute Gasteiger partial charge is 0.329 e. The topological polar surface area (TPSA) is 108 Å². The lowest BCUT2D eigenvalue weighted by Crippen LogP contribution is -2.42. The highest BCUT2D eigenvalue weighted by Gasteiger charge is 2.23. The van der Waals surface area contributed by atoms with Gasteiger partial charge in [0, 0.05) is 23.3 Å². The zero-order chi connectivity index (χ0) is 21.2. The third-order valence-electron chi connectivity index (χ3n) is 4.08. The number of hydrogen-bond acceptors (Lipinski definition) is 7. The number of rotatable bonds is 10. The Balaban J connectivity index is 2.07. The first-order chi connectivity index (χ1) is 14.0. The number of carbonyl (C=O) groups excluding carboxylic acids is 2. The number of nitrogens with zero attached hydrogens (tertiary/aromatic N) is 1. The van der Waals surface area contributed by atoms with E-state index < -0.39 is 22.8 Å². The number of nitro benzene ring substituents is 1. The summed E-state index contributed by atoms with van der Waals surface area (Å²) < 4.78 is 10.6. The standard InChI is InChI=1S/C20H22N2O6S/c1-27-18-9-4-3-6-15(18)13-28-20(24)17(10-11-29-2)21-19(23)14-7-5-8-16(12-14)22(25)26/h3-9,12,17H,10-11,13H2,1-2H3,(H,21,23). The lowest BCUT2D eigenvalue weighted by molar-refractivity contribution is -0.384. The number of esters is 1. The highest BCUT2D eigenvalue weighted by Crippen LogP contribution is 2.19. The molecule has 0 aromatic heterocycles. The molecular weight excluding hydrogens is 396 g/mol. The van der Waals surface area contributed by atoms with Gasteiger partial charge in [-0.2, -0.15) is 11.8 Å². The van der Waals surface area contributed by atoms with Gasteiger partial charge in [0.1, 0.15) is 18.4 Å². The Labute approximate surface area is 172 Å². The second-order valence-electron chi connectivity index (χ2n) is 6.03. The Morgan fingerprint density at radius 2 is 1.97 bits per heavy atom. The van der Waals surface area contributed by atoms with E-state index in [2.05, 4.69) is 5.32 Å². The van der Waals surface area contributed by atoms with Crippen molar-refractivity contribution >= 4 is 29.3 Å². The van der Waals surface area contributed by atoms with Crippen molar-refractivity contribution in [3.05, 3.63) is 69.8 Å². The number of non-ortho nitro benzene ring substituents is 1. The maximum atomic E-state index is 12.6. The SMILES string of the molecule is COc1ccccc1COC(=O)C(CCSC)NC(=O)c1cccc([N+](=O)[O-])c1. The van der Waals surface area contributed by atoms with Crippen LogP contribution >= 0.6 is 11.8 Å². The number of para-hydroxylation sites is 1. The molecule has 1 unspecified atom stereocenters. The van der Waals surface area contributed by atoms with Gasteiger partial charge in [0.25, 0.3) is 11.6 Å². The molecule has 0 fully saturated rings. The van der Waals surface area contributed by atoms with Crippen LogP contribution in [0.5, 0.6) is 5.75 Å². The van der Waals surface area contributed by atoms with Crippen LogP contribution in [-0.2, 0) is 16.1 Å². The molecule has 154 valence electrons.